The molecule has 2 heterocycles. The first-order valence-corrected chi connectivity index (χ1v) is 14.0. The maximum atomic E-state index is 9.22. The van der Waals surface area contributed by atoms with E-state index in [-0.39, 0.29) is 24.0 Å². The second-order valence-corrected chi connectivity index (χ2v) is 10.2. The van der Waals surface area contributed by atoms with E-state index in [0.29, 0.717) is 0 Å². The Hall–Kier alpha value is -3.65. The van der Waals surface area contributed by atoms with Crippen LogP contribution in [0.1, 0.15) is 16.8 Å². The van der Waals surface area contributed by atoms with Crippen molar-refractivity contribution in [3.05, 3.63) is 120 Å². The zero-order valence-corrected chi connectivity index (χ0v) is 27.7. The predicted molar refractivity (Wildman–Crippen MR) is 164 cm³/mol. The summed E-state index contributed by atoms with van der Waals surface area (Å²) in [4.78, 5) is 2.10. The molecule has 0 bridgehead atoms. The summed E-state index contributed by atoms with van der Waals surface area (Å²) < 4.78 is 35.1. The van der Waals surface area contributed by atoms with Gasteiger partial charge in [-0.05, 0) is 42.0 Å². The van der Waals surface area contributed by atoms with Crippen LogP contribution >= 0.6 is 0 Å². The molecule has 2 aromatic heterocycles. The van der Waals surface area contributed by atoms with Gasteiger partial charge in [-0.2, -0.15) is 5.10 Å². The van der Waals surface area contributed by atoms with Crippen molar-refractivity contribution in [3.8, 4) is 0 Å². The molecule has 0 N–H and O–H groups in total. The average molecular weight is 704 g/mol. The number of halogens is 1. The van der Waals surface area contributed by atoms with E-state index in [1.54, 1.807) is 0 Å². The molecule has 0 aliphatic carbocycles. The lowest BCUT2D eigenvalue weighted by atomic mass is 10.1. The zero-order valence-electron chi connectivity index (χ0n) is 24.7. The molecule has 0 radical (unpaired) electrons. The number of anilines is 2. The summed E-state index contributed by atoms with van der Waals surface area (Å²) in [5, 5.41) is 6.25. The molecule has 4 aromatic rings. The Bertz CT molecular complexity index is 1500. The Morgan fingerprint density at radius 1 is 0.762 bits per heavy atom. The topological polar surface area (TPSA) is 93.0 Å². The third kappa shape index (κ3) is 14.3. The van der Waals surface area contributed by atoms with Gasteiger partial charge in [-0.1, -0.05) is 30.3 Å². The van der Waals surface area contributed by atoms with Crippen molar-refractivity contribution in [1.82, 2.24) is 0 Å². The highest BCUT2D eigenvalue weighted by Crippen LogP contribution is 2.14. The van der Waals surface area contributed by atoms with E-state index < -0.39 is 10.4 Å². The number of aromatic nitrogens is 2. The Morgan fingerprint density at radius 3 is 1.86 bits per heavy atom. The summed E-state index contributed by atoms with van der Waals surface area (Å²) in [6.07, 6.45) is 12.2. The average Bonchev–Trinajstić information content (AvgIpc) is 2.97. The van der Waals surface area contributed by atoms with Gasteiger partial charge in [-0.25, -0.2) is 17.6 Å². The Kier molecular flexibility index (Phi) is 16.2. The Morgan fingerprint density at radius 2 is 1.33 bits per heavy atom. The second-order valence-electron chi connectivity index (χ2n) is 9.03. The van der Waals surface area contributed by atoms with Crippen LogP contribution in [0.25, 0.3) is 12.2 Å². The van der Waals surface area contributed by atoms with Gasteiger partial charge in [0.2, 0.25) is 16.1 Å². The minimum atomic E-state index is -4.41. The van der Waals surface area contributed by atoms with Crippen molar-refractivity contribution < 1.29 is 50.3 Å². The van der Waals surface area contributed by atoms with E-state index in [1.807, 2.05) is 90.8 Å². The molecule has 11 heteroatoms. The first kappa shape index (κ1) is 36.4. The molecular formula is C31H38IN5O4S. The summed E-state index contributed by atoms with van der Waals surface area (Å²) >= 11 is 0. The fourth-order valence-electron chi connectivity index (χ4n) is 3.24. The third-order valence-corrected chi connectivity index (χ3v) is 6.08. The van der Waals surface area contributed by atoms with Crippen molar-refractivity contribution in [3.63, 3.8) is 0 Å². The lowest BCUT2D eigenvalue weighted by molar-refractivity contribution is -0.673. The number of rotatable bonds is 7. The molecule has 42 heavy (non-hydrogen) atoms. The maximum absolute atomic E-state index is 9.22. The highest BCUT2D eigenvalue weighted by atomic mass is 127. The lowest BCUT2D eigenvalue weighted by Crippen LogP contribution is -3.00. The smallest absolute Gasteiger partial charge is 0.217 e. The van der Waals surface area contributed by atoms with Crippen LogP contribution in [0.15, 0.2) is 109 Å². The maximum Gasteiger partial charge on any atom is 0.217 e. The van der Waals surface area contributed by atoms with Crippen molar-refractivity contribution in [2.24, 2.45) is 19.2 Å². The number of para-hydroxylation sites is 1. The van der Waals surface area contributed by atoms with Gasteiger partial charge < -0.3 is 33.4 Å². The van der Waals surface area contributed by atoms with E-state index in [9.17, 15) is 13.0 Å². The quantitative estimate of drug-likeness (QED) is 0.0708. The van der Waals surface area contributed by atoms with Crippen molar-refractivity contribution >= 4 is 40.1 Å². The fourth-order valence-corrected chi connectivity index (χ4v) is 3.24. The number of hydrogen-bond donors (Lipinski definition) is 0. The van der Waals surface area contributed by atoms with E-state index in [0.717, 1.165) is 18.4 Å². The summed E-state index contributed by atoms with van der Waals surface area (Å²) in [5.41, 5.74) is 5.78. The van der Waals surface area contributed by atoms with Gasteiger partial charge >= 0.3 is 0 Å². The molecule has 0 saturated heterocycles. The standard InChI is InChI=1S/C16H19N2.C14H16N3.CH4O4S.HI/c1-17(2)15-10-7-14(8-11-15)9-12-16-6-4-5-13-18(16)3;1-16-10-8-13(9-11-16)12-15-17(2)14-6-4-3-5-7-14;1-5-6(2,3)4;/h4-13H,1-3H3;3-12H,1-2H3;1H3,(H,2,3,4);1H/q2*+1;;/p-2. The largest absolute Gasteiger partial charge is 1.00 e. The Balaban J connectivity index is 0.000000347. The lowest BCUT2D eigenvalue weighted by Gasteiger charge is -2.11. The number of aryl methyl sites for hydroxylation is 2. The van der Waals surface area contributed by atoms with Crippen LogP contribution in [-0.2, 0) is 28.7 Å². The number of pyridine rings is 2. The minimum absolute atomic E-state index is 0. The van der Waals surface area contributed by atoms with E-state index in [4.69, 9.17) is 0 Å². The van der Waals surface area contributed by atoms with Crippen LogP contribution in [-0.4, -0.2) is 47.4 Å². The van der Waals surface area contributed by atoms with E-state index in [2.05, 4.69) is 94.6 Å². The zero-order chi connectivity index (χ0) is 30.3. The van der Waals surface area contributed by atoms with E-state index in [1.165, 1.54) is 16.9 Å². The van der Waals surface area contributed by atoms with Crippen molar-refractivity contribution in [1.29, 1.82) is 0 Å². The highest BCUT2D eigenvalue weighted by molar-refractivity contribution is 7.80. The molecule has 0 amide bonds. The SMILES string of the molecule is CN(/N=C/c1cc[n+](C)cc1)c1ccccc1.CN(C)c1ccc(/C=C/c2cccc[n+]2C)cc1.COS(=O)(=O)[O-].[I-]. The van der Waals surface area contributed by atoms with Crippen LogP contribution < -0.4 is 43.0 Å². The normalized spacial score (nSPS) is 10.6. The first-order chi connectivity index (χ1) is 19.5. The molecule has 0 saturated carbocycles. The summed E-state index contributed by atoms with van der Waals surface area (Å²) in [6.45, 7) is 0. The van der Waals surface area contributed by atoms with Crippen LogP contribution in [0.5, 0.6) is 0 Å². The second kappa shape index (κ2) is 18.7. The summed E-state index contributed by atoms with van der Waals surface area (Å²) in [7, 11) is 6.48. The molecule has 0 aliphatic heterocycles. The van der Waals surface area contributed by atoms with Gasteiger partial charge in [0, 0.05) is 62.7 Å². The number of hydrazone groups is 1. The van der Waals surface area contributed by atoms with Gasteiger partial charge in [0.1, 0.15) is 14.1 Å². The van der Waals surface area contributed by atoms with Crippen molar-refractivity contribution in [2.75, 3.05) is 38.2 Å². The Labute approximate surface area is 267 Å². The fraction of sp³-hybridized carbons (Fsp3) is 0.194. The first-order valence-electron chi connectivity index (χ1n) is 12.7. The van der Waals surface area contributed by atoms with Gasteiger partial charge in [-0.15, -0.1) is 0 Å². The van der Waals surface area contributed by atoms with Crippen molar-refractivity contribution in [2.45, 2.75) is 0 Å². The van der Waals surface area contributed by atoms with Crippen LogP contribution in [0, 0.1) is 0 Å². The molecule has 0 aliphatic rings. The molecular weight excluding hydrogens is 665 g/mol. The molecule has 0 atom stereocenters. The van der Waals surface area contributed by atoms with Gasteiger partial charge in [0.25, 0.3) is 0 Å². The van der Waals surface area contributed by atoms with Gasteiger partial charge in [-0.3, -0.25) is 9.19 Å². The third-order valence-electron chi connectivity index (χ3n) is 5.67. The van der Waals surface area contributed by atoms with Crippen LogP contribution in [0.3, 0.4) is 0 Å². The number of hydrogen-bond acceptors (Lipinski definition) is 7. The molecule has 0 fully saturated rings. The molecule has 224 valence electrons. The van der Waals surface area contributed by atoms with E-state index >= 15 is 0 Å². The van der Waals surface area contributed by atoms with Crippen LogP contribution in [0.4, 0.5) is 11.4 Å². The number of benzene rings is 2. The molecule has 2 aromatic carbocycles. The summed E-state index contributed by atoms with van der Waals surface area (Å²) in [5.74, 6) is 0. The van der Waals surface area contributed by atoms with Gasteiger partial charge in [0.05, 0.1) is 19.0 Å². The predicted octanol–water partition coefficient (Wildman–Crippen LogP) is 0.826. The summed E-state index contributed by atoms with van der Waals surface area (Å²) in [6, 6.07) is 28.8. The minimum Gasteiger partial charge on any atom is -1.00 e. The number of nitrogens with zero attached hydrogens (tertiary/aromatic N) is 5. The highest BCUT2D eigenvalue weighted by Gasteiger charge is 1.99. The monoisotopic (exact) mass is 703 g/mol. The van der Waals surface area contributed by atoms with Gasteiger partial charge in [0.15, 0.2) is 18.6 Å². The molecule has 4 rings (SSSR count). The van der Waals surface area contributed by atoms with Crippen LogP contribution in [0.2, 0.25) is 0 Å². The molecule has 0 spiro atoms. The molecule has 9 nitrogen and oxygen atoms in total. The molecule has 0 unspecified atom stereocenters.